The Kier molecular flexibility index (Phi) is 4.18. The monoisotopic (exact) mass is 254 g/mol. The molecule has 1 fully saturated rings. The normalized spacial score (nSPS) is 21.5. The van der Waals surface area contributed by atoms with Gasteiger partial charge >= 0.3 is 0 Å². The SMILES string of the molecule is CCN1CCC[C@@H](Nc2cc(C)c(Cl)nn2)C1. The molecule has 0 radical (unpaired) electrons. The van der Waals surface area contributed by atoms with Crippen molar-refractivity contribution in [3.8, 4) is 0 Å². The maximum atomic E-state index is 5.86. The molecule has 0 amide bonds. The van der Waals surface area contributed by atoms with Crippen molar-refractivity contribution in [3.63, 3.8) is 0 Å². The molecule has 94 valence electrons. The number of rotatable bonds is 3. The van der Waals surface area contributed by atoms with Crippen LogP contribution in [-0.2, 0) is 0 Å². The molecule has 4 nitrogen and oxygen atoms in total. The molecule has 1 aliphatic rings. The molecule has 0 aliphatic carbocycles. The standard InChI is InChI=1S/C12H19ClN4/c1-3-17-6-4-5-10(8-17)14-11-7-9(2)12(13)16-15-11/h7,10H,3-6,8H2,1-2H3,(H,14,15)/t10-/m1/s1. The molecule has 1 saturated heterocycles. The third kappa shape index (κ3) is 3.30. The second-order valence-electron chi connectivity index (χ2n) is 4.58. The molecule has 1 aliphatic heterocycles. The zero-order valence-corrected chi connectivity index (χ0v) is 11.2. The van der Waals surface area contributed by atoms with E-state index in [-0.39, 0.29) is 0 Å². The van der Waals surface area contributed by atoms with Crippen LogP contribution in [0.5, 0.6) is 0 Å². The summed E-state index contributed by atoms with van der Waals surface area (Å²) < 4.78 is 0. The summed E-state index contributed by atoms with van der Waals surface area (Å²) in [7, 11) is 0. The fourth-order valence-corrected chi connectivity index (χ4v) is 2.30. The Labute approximate surface area is 107 Å². The highest BCUT2D eigenvalue weighted by atomic mass is 35.5. The first kappa shape index (κ1) is 12.6. The lowest BCUT2D eigenvalue weighted by Gasteiger charge is -2.32. The van der Waals surface area contributed by atoms with Crippen LogP contribution in [0.4, 0.5) is 5.82 Å². The molecule has 1 aromatic heterocycles. The molecule has 2 heterocycles. The summed E-state index contributed by atoms with van der Waals surface area (Å²) >= 11 is 5.86. The Morgan fingerprint density at radius 1 is 1.53 bits per heavy atom. The summed E-state index contributed by atoms with van der Waals surface area (Å²) in [6, 6.07) is 2.43. The molecule has 0 aromatic carbocycles. The van der Waals surface area contributed by atoms with E-state index < -0.39 is 0 Å². The second kappa shape index (κ2) is 5.65. The third-order valence-electron chi connectivity index (χ3n) is 3.23. The van der Waals surface area contributed by atoms with Gasteiger partial charge in [-0.3, -0.25) is 0 Å². The van der Waals surface area contributed by atoms with E-state index in [4.69, 9.17) is 11.6 Å². The van der Waals surface area contributed by atoms with Gasteiger partial charge < -0.3 is 10.2 Å². The number of hydrogen-bond donors (Lipinski definition) is 1. The molecule has 17 heavy (non-hydrogen) atoms. The number of aryl methyl sites for hydroxylation is 1. The van der Waals surface area contributed by atoms with Crippen molar-refractivity contribution >= 4 is 17.4 Å². The highest BCUT2D eigenvalue weighted by Crippen LogP contribution is 2.17. The average Bonchev–Trinajstić information content (AvgIpc) is 2.34. The van der Waals surface area contributed by atoms with Gasteiger partial charge in [0, 0.05) is 12.6 Å². The van der Waals surface area contributed by atoms with E-state index >= 15 is 0 Å². The Morgan fingerprint density at radius 2 is 2.35 bits per heavy atom. The van der Waals surface area contributed by atoms with Crippen LogP contribution in [0.25, 0.3) is 0 Å². The maximum absolute atomic E-state index is 5.86. The molecule has 0 saturated carbocycles. The van der Waals surface area contributed by atoms with Crippen LogP contribution in [0.3, 0.4) is 0 Å². The van der Waals surface area contributed by atoms with Crippen LogP contribution in [0.1, 0.15) is 25.3 Å². The molecule has 5 heteroatoms. The van der Waals surface area contributed by atoms with Crippen molar-refractivity contribution in [3.05, 3.63) is 16.8 Å². The number of likely N-dealkylation sites (tertiary alicyclic amines) is 1. The largest absolute Gasteiger partial charge is 0.365 e. The number of piperidine rings is 1. The van der Waals surface area contributed by atoms with Crippen molar-refractivity contribution in [1.29, 1.82) is 0 Å². The Morgan fingerprint density at radius 3 is 3.06 bits per heavy atom. The molecule has 2 rings (SSSR count). The average molecular weight is 255 g/mol. The van der Waals surface area contributed by atoms with Gasteiger partial charge in [-0.05, 0) is 44.5 Å². The molecule has 0 spiro atoms. The lowest BCUT2D eigenvalue weighted by Crippen LogP contribution is -2.42. The molecular weight excluding hydrogens is 236 g/mol. The van der Waals surface area contributed by atoms with E-state index in [1.54, 1.807) is 0 Å². The fraction of sp³-hybridized carbons (Fsp3) is 0.667. The Balaban J connectivity index is 1.97. The second-order valence-corrected chi connectivity index (χ2v) is 4.94. The van der Waals surface area contributed by atoms with Gasteiger partial charge in [-0.15, -0.1) is 10.2 Å². The summed E-state index contributed by atoms with van der Waals surface area (Å²) in [4.78, 5) is 2.46. The van der Waals surface area contributed by atoms with Gasteiger partial charge in [-0.25, -0.2) is 0 Å². The van der Waals surface area contributed by atoms with E-state index in [1.165, 1.54) is 19.4 Å². The number of aromatic nitrogens is 2. The molecule has 0 unspecified atom stereocenters. The zero-order valence-electron chi connectivity index (χ0n) is 10.4. The molecular formula is C12H19ClN4. The number of likely N-dealkylation sites (N-methyl/N-ethyl adjacent to an activating group) is 1. The highest BCUT2D eigenvalue weighted by molar-refractivity contribution is 6.30. The summed E-state index contributed by atoms with van der Waals surface area (Å²) in [6.07, 6.45) is 2.44. The van der Waals surface area contributed by atoms with Crippen LogP contribution in [0.15, 0.2) is 6.07 Å². The quantitative estimate of drug-likeness (QED) is 0.899. The third-order valence-corrected chi connectivity index (χ3v) is 3.60. The fourth-order valence-electron chi connectivity index (χ4n) is 2.21. The Bertz CT molecular complexity index is 383. The molecule has 1 N–H and O–H groups in total. The number of halogens is 1. The maximum Gasteiger partial charge on any atom is 0.154 e. The predicted molar refractivity (Wildman–Crippen MR) is 70.5 cm³/mol. The van der Waals surface area contributed by atoms with Gasteiger partial charge in [0.2, 0.25) is 0 Å². The van der Waals surface area contributed by atoms with Crippen molar-refractivity contribution in [2.24, 2.45) is 0 Å². The van der Waals surface area contributed by atoms with Crippen molar-refractivity contribution in [2.75, 3.05) is 25.0 Å². The van der Waals surface area contributed by atoms with Gasteiger partial charge in [-0.2, -0.15) is 0 Å². The number of hydrogen-bond acceptors (Lipinski definition) is 4. The van der Waals surface area contributed by atoms with Gasteiger partial charge in [0.05, 0.1) is 0 Å². The number of anilines is 1. The lowest BCUT2D eigenvalue weighted by atomic mass is 10.1. The predicted octanol–water partition coefficient (Wildman–Crippen LogP) is 2.33. The summed E-state index contributed by atoms with van der Waals surface area (Å²) in [6.45, 7) is 7.55. The van der Waals surface area contributed by atoms with E-state index in [0.29, 0.717) is 11.2 Å². The van der Waals surface area contributed by atoms with Crippen molar-refractivity contribution in [1.82, 2.24) is 15.1 Å². The molecule has 1 aromatic rings. The topological polar surface area (TPSA) is 41.0 Å². The van der Waals surface area contributed by atoms with Gasteiger partial charge in [-0.1, -0.05) is 18.5 Å². The lowest BCUT2D eigenvalue weighted by molar-refractivity contribution is 0.226. The first-order chi connectivity index (χ1) is 8.19. The Hall–Kier alpha value is -0.870. The van der Waals surface area contributed by atoms with Crippen LogP contribution >= 0.6 is 11.6 Å². The summed E-state index contributed by atoms with van der Waals surface area (Å²) in [5.41, 5.74) is 0.965. The van der Waals surface area contributed by atoms with E-state index in [0.717, 1.165) is 24.5 Å². The van der Waals surface area contributed by atoms with Crippen molar-refractivity contribution in [2.45, 2.75) is 32.7 Å². The van der Waals surface area contributed by atoms with Gasteiger partial charge in [0.1, 0.15) is 5.82 Å². The molecule has 0 bridgehead atoms. The summed E-state index contributed by atoms with van der Waals surface area (Å²) in [5.74, 6) is 0.829. The van der Waals surface area contributed by atoms with E-state index in [9.17, 15) is 0 Å². The van der Waals surface area contributed by atoms with Crippen LogP contribution < -0.4 is 5.32 Å². The molecule has 1 atom stereocenters. The van der Waals surface area contributed by atoms with Crippen molar-refractivity contribution < 1.29 is 0 Å². The highest BCUT2D eigenvalue weighted by Gasteiger charge is 2.18. The summed E-state index contributed by atoms with van der Waals surface area (Å²) in [5, 5.41) is 11.9. The van der Waals surface area contributed by atoms with E-state index in [2.05, 4.69) is 27.3 Å². The minimum atomic E-state index is 0.471. The zero-order chi connectivity index (χ0) is 12.3. The van der Waals surface area contributed by atoms with Crippen LogP contribution in [-0.4, -0.2) is 40.8 Å². The van der Waals surface area contributed by atoms with Gasteiger partial charge in [0.25, 0.3) is 0 Å². The van der Waals surface area contributed by atoms with Crippen LogP contribution in [0, 0.1) is 6.92 Å². The van der Waals surface area contributed by atoms with E-state index in [1.807, 2.05) is 13.0 Å². The van der Waals surface area contributed by atoms with Crippen LogP contribution in [0.2, 0.25) is 5.15 Å². The van der Waals surface area contributed by atoms with Gasteiger partial charge in [0.15, 0.2) is 5.15 Å². The first-order valence-corrected chi connectivity index (χ1v) is 6.55. The smallest absolute Gasteiger partial charge is 0.154 e. The first-order valence-electron chi connectivity index (χ1n) is 6.17. The number of nitrogens with one attached hydrogen (secondary N) is 1. The minimum Gasteiger partial charge on any atom is -0.365 e. The number of nitrogens with zero attached hydrogens (tertiary/aromatic N) is 3. The minimum absolute atomic E-state index is 0.471.